The minimum absolute atomic E-state index is 0.131. The Morgan fingerprint density at radius 1 is 0.966 bits per heavy atom. The molecule has 2 aromatic carbocycles. The lowest BCUT2D eigenvalue weighted by Crippen LogP contribution is -2.19. The topological polar surface area (TPSA) is 46.5 Å². The van der Waals surface area contributed by atoms with Crippen LogP contribution < -0.4 is 4.74 Å². The highest BCUT2D eigenvalue weighted by Gasteiger charge is 2.27. The number of carboxylic acids is 1. The SMILES string of the molecule is COc1c(C(C)(C)C)cc(C#Cc2ccc(CC(=O)O)c(F)c2)cc1C(C)(C)C. The molecule has 0 heterocycles. The van der Waals surface area contributed by atoms with Crippen LogP contribution in [-0.2, 0) is 22.0 Å². The van der Waals surface area contributed by atoms with Crippen molar-refractivity contribution in [2.75, 3.05) is 7.11 Å². The van der Waals surface area contributed by atoms with E-state index >= 15 is 0 Å². The minimum Gasteiger partial charge on any atom is -0.496 e. The predicted molar refractivity (Wildman–Crippen MR) is 114 cm³/mol. The van der Waals surface area contributed by atoms with Gasteiger partial charge in [0.1, 0.15) is 11.6 Å². The molecule has 0 radical (unpaired) electrons. The van der Waals surface area contributed by atoms with Crippen molar-refractivity contribution in [2.45, 2.75) is 58.8 Å². The van der Waals surface area contributed by atoms with Gasteiger partial charge in [0.2, 0.25) is 0 Å². The lowest BCUT2D eigenvalue weighted by Gasteiger charge is -2.29. The van der Waals surface area contributed by atoms with Crippen LogP contribution in [0.3, 0.4) is 0 Å². The van der Waals surface area contributed by atoms with Crippen LogP contribution in [0.15, 0.2) is 30.3 Å². The van der Waals surface area contributed by atoms with Crippen molar-refractivity contribution in [3.8, 4) is 17.6 Å². The fourth-order valence-corrected chi connectivity index (χ4v) is 3.11. The van der Waals surface area contributed by atoms with Gasteiger partial charge in [-0.25, -0.2) is 4.39 Å². The maximum Gasteiger partial charge on any atom is 0.307 e. The van der Waals surface area contributed by atoms with Gasteiger partial charge in [0.15, 0.2) is 0 Å². The van der Waals surface area contributed by atoms with E-state index in [1.54, 1.807) is 13.2 Å². The summed E-state index contributed by atoms with van der Waals surface area (Å²) in [6.45, 7) is 12.8. The lowest BCUT2D eigenvalue weighted by molar-refractivity contribution is -0.136. The average Bonchev–Trinajstić information content (AvgIpc) is 2.59. The summed E-state index contributed by atoms with van der Waals surface area (Å²) in [5, 5.41) is 8.83. The third-order valence-electron chi connectivity index (χ3n) is 4.65. The molecule has 2 aromatic rings. The Morgan fingerprint density at radius 2 is 1.48 bits per heavy atom. The zero-order chi connectivity index (χ0) is 22.0. The van der Waals surface area contributed by atoms with E-state index < -0.39 is 11.8 Å². The largest absolute Gasteiger partial charge is 0.496 e. The normalized spacial score (nSPS) is 11.6. The summed E-state index contributed by atoms with van der Waals surface area (Å²) in [5.41, 5.74) is 3.36. The van der Waals surface area contributed by atoms with Crippen LogP contribution >= 0.6 is 0 Å². The van der Waals surface area contributed by atoms with Crippen molar-refractivity contribution in [1.29, 1.82) is 0 Å². The summed E-state index contributed by atoms with van der Waals surface area (Å²) in [4.78, 5) is 10.8. The van der Waals surface area contributed by atoms with Gasteiger partial charge in [-0.05, 0) is 40.7 Å². The fourth-order valence-electron chi connectivity index (χ4n) is 3.11. The summed E-state index contributed by atoms with van der Waals surface area (Å²) in [7, 11) is 1.69. The number of rotatable bonds is 3. The van der Waals surface area contributed by atoms with Gasteiger partial charge in [0.25, 0.3) is 0 Å². The molecule has 1 N–H and O–H groups in total. The first-order valence-electron chi connectivity index (χ1n) is 9.58. The van der Waals surface area contributed by atoms with Crippen LogP contribution in [0.1, 0.15) is 69.4 Å². The van der Waals surface area contributed by atoms with E-state index in [1.807, 2.05) is 12.1 Å². The predicted octanol–water partition coefficient (Wildman–Crippen LogP) is 5.46. The maximum atomic E-state index is 14.1. The Kier molecular flexibility index (Phi) is 6.43. The number of aliphatic carboxylic acids is 1. The fraction of sp³-hybridized carbons (Fsp3) is 0.400. The Bertz CT molecular complexity index is 945. The molecule has 0 aliphatic rings. The lowest BCUT2D eigenvalue weighted by atomic mass is 9.78. The molecule has 29 heavy (non-hydrogen) atoms. The second-order valence-corrected chi connectivity index (χ2v) is 9.23. The molecule has 4 heteroatoms. The van der Waals surface area contributed by atoms with Crippen LogP contribution in [0.5, 0.6) is 5.75 Å². The Labute approximate surface area is 172 Å². The molecule has 0 unspecified atom stereocenters. The molecule has 2 rings (SSSR count). The van der Waals surface area contributed by atoms with Gasteiger partial charge < -0.3 is 9.84 Å². The summed E-state index contributed by atoms with van der Waals surface area (Å²) >= 11 is 0. The quantitative estimate of drug-likeness (QED) is 0.701. The Balaban J connectivity index is 2.55. The molecule has 0 aromatic heterocycles. The zero-order valence-corrected chi connectivity index (χ0v) is 18.2. The van der Waals surface area contributed by atoms with Crippen molar-refractivity contribution >= 4 is 5.97 Å². The molecular formula is C25H29FO3. The third-order valence-corrected chi connectivity index (χ3v) is 4.65. The number of hydrogen-bond donors (Lipinski definition) is 1. The highest BCUT2D eigenvalue weighted by atomic mass is 19.1. The van der Waals surface area contributed by atoms with E-state index in [-0.39, 0.29) is 22.8 Å². The third kappa shape index (κ3) is 5.60. The monoisotopic (exact) mass is 396 g/mol. The van der Waals surface area contributed by atoms with Gasteiger partial charge >= 0.3 is 5.97 Å². The van der Waals surface area contributed by atoms with Crippen LogP contribution in [0.4, 0.5) is 4.39 Å². The molecule has 3 nitrogen and oxygen atoms in total. The van der Waals surface area contributed by atoms with E-state index in [9.17, 15) is 9.18 Å². The Morgan fingerprint density at radius 3 is 1.90 bits per heavy atom. The number of halogens is 1. The Hall–Kier alpha value is -2.80. The molecule has 0 aliphatic carbocycles. The first-order chi connectivity index (χ1) is 13.3. The van der Waals surface area contributed by atoms with Gasteiger partial charge in [0, 0.05) is 22.3 Å². The molecule has 0 atom stereocenters. The number of hydrogen-bond acceptors (Lipinski definition) is 2. The van der Waals surface area contributed by atoms with E-state index in [0.717, 1.165) is 22.4 Å². The van der Waals surface area contributed by atoms with Crippen LogP contribution in [0, 0.1) is 17.7 Å². The molecule has 0 aliphatic heterocycles. The van der Waals surface area contributed by atoms with Crippen molar-refractivity contribution < 1.29 is 19.0 Å². The van der Waals surface area contributed by atoms with E-state index in [4.69, 9.17) is 9.84 Å². The summed E-state index contributed by atoms with van der Waals surface area (Å²) in [5.74, 6) is 5.39. The average molecular weight is 397 g/mol. The second kappa shape index (κ2) is 8.29. The first-order valence-corrected chi connectivity index (χ1v) is 9.58. The zero-order valence-electron chi connectivity index (χ0n) is 18.2. The van der Waals surface area contributed by atoms with Crippen molar-refractivity contribution in [3.63, 3.8) is 0 Å². The van der Waals surface area contributed by atoms with Gasteiger partial charge in [-0.2, -0.15) is 0 Å². The molecule has 0 spiro atoms. The molecular weight excluding hydrogens is 367 g/mol. The van der Waals surface area contributed by atoms with Crippen LogP contribution in [0.25, 0.3) is 0 Å². The van der Waals surface area contributed by atoms with E-state index in [1.165, 1.54) is 12.1 Å². The minimum atomic E-state index is -1.06. The standard InChI is InChI=1S/C25H29FO3/c1-24(2,3)19-12-17(13-20(23(19)29-7)25(4,5)6)9-8-16-10-11-18(15-22(27)28)21(26)14-16/h10-14H,15H2,1-7H3,(H,27,28). The van der Waals surface area contributed by atoms with Crippen molar-refractivity contribution in [3.05, 3.63) is 64.0 Å². The summed E-state index contributed by atoms with van der Waals surface area (Å²) in [6, 6.07) is 8.45. The summed E-state index contributed by atoms with van der Waals surface area (Å²) < 4.78 is 19.9. The van der Waals surface area contributed by atoms with E-state index in [0.29, 0.717) is 5.56 Å². The highest BCUT2D eigenvalue weighted by molar-refractivity contribution is 5.70. The smallest absolute Gasteiger partial charge is 0.307 e. The number of benzene rings is 2. The number of methoxy groups -OCH3 is 1. The van der Waals surface area contributed by atoms with E-state index in [2.05, 4.69) is 53.4 Å². The maximum absolute atomic E-state index is 14.1. The van der Waals surface area contributed by atoms with Gasteiger partial charge in [-0.1, -0.05) is 59.4 Å². The number of carboxylic acid groups (broad SMARTS) is 1. The second-order valence-electron chi connectivity index (χ2n) is 9.23. The van der Waals surface area contributed by atoms with Crippen molar-refractivity contribution in [1.82, 2.24) is 0 Å². The number of ether oxygens (including phenoxy) is 1. The number of carbonyl (C=O) groups is 1. The van der Waals surface area contributed by atoms with Crippen LogP contribution in [0.2, 0.25) is 0 Å². The van der Waals surface area contributed by atoms with Crippen LogP contribution in [-0.4, -0.2) is 18.2 Å². The van der Waals surface area contributed by atoms with Crippen molar-refractivity contribution in [2.24, 2.45) is 0 Å². The molecule has 0 amide bonds. The van der Waals surface area contributed by atoms with Gasteiger partial charge in [-0.3, -0.25) is 4.79 Å². The molecule has 154 valence electrons. The van der Waals surface area contributed by atoms with Gasteiger partial charge in [0.05, 0.1) is 13.5 Å². The summed E-state index contributed by atoms with van der Waals surface area (Å²) in [6.07, 6.45) is -0.345. The molecule has 0 saturated heterocycles. The highest BCUT2D eigenvalue weighted by Crippen LogP contribution is 2.40. The molecule has 0 bridgehead atoms. The molecule has 0 saturated carbocycles. The molecule has 0 fully saturated rings. The van der Waals surface area contributed by atoms with Gasteiger partial charge in [-0.15, -0.1) is 0 Å². The first kappa shape index (κ1) is 22.5.